The van der Waals surface area contributed by atoms with Crippen molar-refractivity contribution in [3.05, 3.63) is 57.3 Å². The minimum Gasteiger partial charge on any atom is -0.314 e. The molecule has 1 aromatic carbocycles. The molecule has 1 aromatic heterocycles. The molecule has 1 fully saturated rings. The fraction of sp³-hybridized carbons (Fsp3) is 0.333. The number of benzene rings is 1. The van der Waals surface area contributed by atoms with Gasteiger partial charge in [-0.1, -0.05) is 15.9 Å². The number of nitrogens with zero attached hydrogens (tertiary/aromatic N) is 2. The van der Waals surface area contributed by atoms with Gasteiger partial charge < -0.3 is 10.2 Å². The molecule has 2 unspecified atom stereocenters. The second-order valence-electron chi connectivity index (χ2n) is 6.77. The molecule has 2 aliphatic heterocycles. The first-order chi connectivity index (χ1) is 13.2. The molecule has 148 valence electrons. The minimum absolute atomic E-state index is 0.280. The summed E-state index contributed by atoms with van der Waals surface area (Å²) in [6, 6.07) is 1.57. The van der Waals surface area contributed by atoms with Gasteiger partial charge in [0.15, 0.2) is 0 Å². The molecule has 2 aromatic rings. The molecule has 0 saturated carbocycles. The number of alkyl halides is 3. The maximum Gasteiger partial charge on any atom is 0.417 e. The maximum atomic E-state index is 14.2. The normalized spacial score (nSPS) is 20.9. The average molecular weight is 462 g/mol. The molecular formula is C18H13BrF5N3O. The van der Waals surface area contributed by atoms with Crippen molar-refractivity contribution in [2.24, 2.45) is 0 Å². The van der Waals surface area contributed by atoms with Crippen LogP contribution in [0.3, 0.4) is 0 Å². The van der Waals surface area contributed by atoms with Crippen LogP contribution in [0, 0.1) is 11.8 Å². The Morgan fingerprint density at radius 1 is 1.25 bits per heavy atom. The molecule has 10 heteroatoms. The first-order valence-electron chi connectivity index (χ1n) is 8.45. The lowest BCUT2D eigenvalue weighted by Gasteiger charge is -2.36. The van der Waals surface area contributed by atoms with E-state index in [9.17, 15) is 26.7 Å². The molecule has 2 amide bonds. The van der Waals surface area contributed by atoms with Crippen LogP contribution in [0.4, 0.5) is 32.4 Å². The number of halogens is 6. The Labute approximate surface area is 164 Å². The highest BCUT2D eigenvalue weighted by Crippen LogP contribution is 2.44. The smallest absolute Gasteiger partial charge is 0.314 e. The highest BCUT2D eigenvalue weighted by molar-refractivity contribution is 9.10. The highest BCUT2D eigenvalue weighted by atomic mass is 79.9. The van der Waals surface area contributed by atoms with E-state index in [0.29, 0.717) is 30.0 Å². The number of urea groups is 1. The molecule has 4 nitrogen and oxygen atoms in total. The summed E-state index contributed by atoms with van der Waals surface area (Å²) in [5, 5.41) is 2.35. The van der Waals surface area contributed by atoms with Gasteiger partial charge in [-0.25, -0.2) is 14.2 Å². The minimum atomic E-state index is -4.73. The monoisotopic (exact) mass is 461 g/mol. The van der Waals surface area contributed by atoms with E-state index in [1.807, 2.05) is 0 Å². The summed E-state index contributed by atoms with van der Waals surface area (Å²) < 4.78 is 66.4. The van der Waals surface area contributed by atoms with Crippen molar-refractivity contribution in [3.63, 3.8) is 0 Å². The summed E-state index contributed by atoms with van der Waals surface area (Å²) in [5.41, 5.74) is -0.401. The quantitative estimate of drug-likeness (QED) is 0.454. The van der Waals surface area contributed by atoms with Crippen LogP contribution in [-0.2, 0) is 12.6 Å². The number of nitrogens with one attached hydrogen (secondary N) is 1. The van der Waals surface area contributed by atoms with E-state index in [-0.39, 0.29) is 28.7 Å². The van der Waals surface area contributed by atoms with E-state index < -0.39 is 29.5 Å². The average Bonchev–Trinajstić information content (AvgIpc) is 2.93. The van der Waals surface area contributed by atoms with Crippen molar-refractivity contribution in [1.82, 2.24) is 9.88 Å². The molecule has 4 rings (SSSR count). The van der Waals surface area contributed by atoms with Gasteiger partial charge in [0.1, 0.15) is 5.82 Å². The van der Waals surface area contributed by atoms with Gasteiger partial charge in [0.2, 0.25) is 5.95 Å². The summed E-state index contributed by atoms with van der Waals surface area (Å²) in [6.45, 7) is 0. The van der Waals surface area contributed by atoms with Crippen molar-refractivity contribution in [2.45, 2.75) is 37.5 Å². The van der Waals surface area contributed by atoms with Crippen LogP contribution in [0.25, 0.3) is 0 Å². The topological polar surface area (TPSA) is 45.2 Å². The second-order valence-corrected chi connectivity index (χ2v) is 7.62. The van der Waals surface area contributed by atoms with Gasteiger partial charge in [0, 0.05) is 22.3 Å². The van der Waals surface area contributed by atoms with Crippen LogP contribution in [0.1, 0.15) is 35.6 Å². The molecule has 0 aliphatic carbocycles. The van der Waals surface area contributed by atoms with Crippen LogP contribution in [0.2, 0.25) is 0 Å². The third-order valence-electron chi connectivity index (χ3n) is 5.18. The number of pyridine rings is 1. The molecule has 28 heavy (non-hydrogen) atoms. The van der Waals surface area contributed by atoms with Crippen molar-refractivity contribution in [3.8, 4) is 0 Å². The van der Waals surface area contributed by atoms with Gasteiger partial charge in [-0.2, -0.15) is 17.6 Å². The van der Waals surface area contributed by atoms with Crippen LogP contribution < -0.4 is 5.32 Å². The van der Waals surface area contributed by atoms with Gasteiger partial charge in [-0.3, -0.25) is 0 Å². The number of hydrogen-bond donors (Lipinski definition) is 1. The molecule has 3 heterocycles. The standard InChI is InChI=1S/C18H13BrF5N3O/c19-12-7-14(13(20)6-11(12)18(22,23)24)26-17(28)27-8-1-2-15(27)9-3-4-25-16(21)10(9)5-8/h3-4,6-8,15H,1-2,5H2,(H,26,28). The van der Waals surface area contributed by atoms with Crippen LogP contribution in [0.5, 0.6) is 0 Å². The molecule has 0 radical (unpaired) electrons. The van der Waals surface area contributed by atoms with E-state index >= 15 is 0 Å². The van der Waals surface area contributed by atoms with Gasteiger partial charge in [0.25, 0.3) is 0 Å². The summed E-state index contributed by atoms with van der Waals surface area (Å²) >= 11 is 2.77. The Hall–Kier alpha value is -2.23. The molecule has 2 bridgehead atoms. The highest BCUT2D eigenvalue weighted by Gasteiger charge is 2.44. The number of carbonyl (C=O) groups excluding carboxylic acids is 1. The van der Waals surface area contributed by atoms with Gasteiger partial charge >= 0.3 is 12.2 Å². The Bertz CT molecular complexity index is 965. The Morgan fingerprint density at radius 3 is 2.71 bits per heavy atom. The lowest BCUT2D eigenvalue weighted by Crippen LogP contribution is -2.44. The van der Waals surface area contributed by atoms with E-state index in [1.54, 1.807) is 6.07 Å². The first-order valence-corrected chi connectivity index (χ1v) is 9.25. The third-order valence-corrected chi connectivity index (χ3v) is 5.84. The number of fused-ring (bicyclic) bond motifs is 4. The number of rotatable bonds is 1. The fourth-order valence-corrected chi connectivity index (χ4v) is 4.53. The van der Waals surface area contributed by atoms with E-state index in [4.69, 9.17) is 0 Å². The molecular weight excluding hydrogens is 449 g/mol. The van der Waals surface area contributed by atoms with Gasteiger partial charge in [-0.05, 0) is 43.0 Å². The van der Waals surface area contributed by atoms with Gasteiger partial charge in [-0.15, -0.1) is 0 Å². The Morgan fingerprint density at radius 2 is 2.00 bits per heavy atom. The zero-order chi connectivity index (χ0) is 20.2. The van der Waals surface area contributed by atoms with Crippen LogP contribution in [0.15, 0.2) is 28.9 Å². The number of anilines is 1. The Kier molecular flexibility index (Phi) is 4.56. The number of amides is 2. The molecule has 2 atom stereocenters. The maximum absolute atomic E-state index is 14.2. The Balaban J connectivity index is 1.61. The number of hydrogen-bond acceptors (Lipinski definition) is 2. The zero-order valence-corrected chi connectivity index (χ0v) is 15.7. The SMILES string of the molecule is O=C(Nc1cc(Br)c(C(F)(F)F)cc1F)N1C2CCC1c1ccnc(F)c1C2. The summed E-state index contributed by atoms with van der Waals surface area (Å²) in [5.74, 6) is -1.75. The van der Waals surface area contributed by atoms with Crippen LogP contribution in [-0.4, -0.2) is 22.0 Å². The fourth-order valence-electron chi connectivity index (χ4n) is 3.97. The van der Waals surface area contributed by atoms with Crippen molar-refractivity contribution in [1.29, 1.82) is 0 Å². The summed E-state index contributed by atoms with van der Waals surface area (Å²) in [7, 11) is 0. The number of carbonyl (C=O) groups is 1. The predicted molar refractivity (Wildman–Crippen MR) is 93.6 cm³/mol. The van der Waals surface area contributed by atoms with E-state index in [0.717, 1.165) is 6.07 Å². The van der Waals surface area contributed by atoms with Crippen LogP contribution >= 0.6 is 15.9 Å². The van der Waals surface area contributed by atoms with E-state index in [1.165, 1.54) is 11.1 Å². The summed E-state index contributed by atoms with van der Waals surface area (Å²) in [6.07, 6.45) is -1.84. The van der Waals surface area contributed by atoms with Crippen molar-refractivity contribution < 1.29 is 26.7 Å². The third kappa shape index (κ3) is 3.13. The summed E-state index contributed by atoms with van der Waals surface area (Å²) in [4.78, 5) is 17.9. The van der Waals surface area contributed by atoms with Gasteiger partial charge in [0.05, 0.1) is 17.3 Å². The molecule has 2 aliphatic rings. The molecule has 1 saturated heterocycles. The van der Waals surface area contributed by atoms with Crippen molar-refractivity contribution in [2.75, 3.05) is 5.32 Å². The lowest BCUT2D eigenvalue weighted by atomic mass is 9.95. The molecule has 0 spiro atoms. The largest absolute Gasteiger partial charge is 0.417 e. The lowest BCUT2D eigenvalue weighted by molar-refractivity contribution is -0.138. The number of aromatic nitrogens is 1. The first kappa shape index (κ1) is 19.1. The van der Waals surface area contributed by atoms with E-state index in [2.05, 4.69) is 26.2 Å². The predicted octanol–water partition coefficient (Wildman–Crippen LogP) is 5.43. The van der Waals surface area contributed by atoms with Crippen molar-refractivity contribution >= 4 is 27.6 Å². The second kappa shape index (κ2) is 6.68. The molecule has 1 N–H and O–H groups in total. The zero-order valence-electron chi connectivity index (χ0n) is 14.2.